The molecule has 0 amide bonds. The summed E-state index contributed by atoms with van der Waals surface area (Å²) in [5.74, 6) is 1.55. The molecule has 0 spiro atoms. The van der Waals surface area contributed by atoms with Gasteiger partial charge in [0.25, 0.3) is 0 Å². The van der Waals surface area contributed by atoms with Crippen molar-refractivity contribution in [3.63, 3.8) is 0 Å². The molecule has 0 aliphatic heterocycles. The third-order valence-electron chi connectivity index (χ3n) is 3.32. The van der Waals surface area contributed by atoms with Gasteiger partial charge in [-0.2, -0.15) is 0 Å². The van der Waals surface area contributed by atoms with E-state index in [2.05, 4.69) is 21.2 Å². The molecule has 0 saturated carbocycles. The van der Waals surface area contributed by atoms with Crippen molar-refractivity contribution < 1.29 is 9.47 Å². The van der Waals surface area contributed by atoms with Crippen LogP contribution in [0.15, 0.2) is 40.9 Å². The van der Waals surface area contributed by atoms with Gasteiger partial charge in [0, 0.05) is 9.50 Å². The molecule has 2 aromatic rings. The number of nitrogens with one attached hydrogen (secondary N) is 1. The van der Waals surface area contributed by atoms with Crippen molar-refractivity contribution in [1.82, 2.24) is 5.32 Å². The Balaban J connectivity index is 2.61. The topological polar surface area (TPSA) is 30.5 Å². The van der Waals surface area contributed by atoms with Crippen molar-refractivity contribution in [2.75, 3.05) is 21.3 Å². The van der Waals surface area contributed by atoms with E-state index in [0.29, 0.717) is 5.02 Å². The van der Waals surface area contributed by atoms with E-state index >= 15 is 0 Å². The first kappa shape index (κ1) is 16.1. The maximum atomic E-state index is 6.03. The second-order valence-electron chi connectivity index (χ2n) is 4.46. The molecule has 0 saturated heterocycles. The van der Waals surface area contributed by atoms with Gasteiger partial charge in [0.15, 0.2) is 0 Å². The number of halogens is 2. The Morgan fingerprint density at radius 3 is 2.19 bits per heavy atom. The molecule has 3 nitrogen and oxygen atoms in total. The smallest absolute Gasteiger partial charge is 0.127 e. The summed E-state index contributed by atoms with van der Waals surface area (Å²) in [5, 5.41) is 4.00. The molecule has 21 heavy (non-hydrogen) atoms. The predicted molar refractivity (Wildman–Crippen MR) is 89.6 cm³/mol. The number of methoxy groups -OCH3 is 2. The molecule has 0 aromatic heterocycles. The molecule has 2 rings (SSSR count). The van der Waals surface area contributed by atoms with Crippen LogP contribution in [0.25, 0.3) is 0 Å². The second kappa shape index (κ2) is 7.16. The molecule has 0 aliphatic carbocycles. The van der Waals surface area contributed by atoms with E-state index in [0.717, 1.165) is 27.1 Å². The van der Waals surface area contributed by atoms with Crippen molar-refractivity contribution in [3.8, 4) is 11.5 Å². The first-order chi connectivity index (χ1) is 10.1. The summed E-state index contributed by atoms with van der Waals surface area (Å²) >= 11 is 9.60. The van der Waals surface area contributed by atoms with Gasteiger partial charge in [-0.1, -0.05) is 39.7 Å². The van der Waals surface area contributed by atoms with Crippen LogP contribution in [-0.4, -0.2) is 21.3 Å². The molecular formula is C16H17BrClNO2. The van der Waals surface area contributed by atoms with Crippen LogP contribution in [0.3, 0.4) is 0 Å². The quantitative estimate of drug-likeness (QED) is 0.844. The highest BCUT2D eigenvalue weighted by Gasteiger charge is 2.23. The first-order valence-electron chi connectivity index (χ1n) is 6.45. The summed E-state index contributed by atoms with van der Waals surface area (Å²) in [6.45, 7) is 0. The first-order valence-corrected chi connectivity index (χ1v) is 7.62. The van der Waals surface area contributed by atoms with Crippen molar-refractivity contribution >= 4 is 27.5 Å². The summed E-state index contributed by atoms with van der Waals surface area (Å²) in [7, 11) is 5.21. The van der Waals surface area contributed by atoms with Crippen molar-refractivity contribution in [2.45, 2.75) is 6.04 Å². The Morgan fingerprint density at radius 1 is 1.10 bits per heavy atom. The molecule has 5 heteroatoms. The molecule has 1 N–H and O–H groups in total. The lowest BCUT2D eigenvalue weighted by Crippen LogP contribution is -2.19. The summed E-state index contributed by atoms with van der Waals surface area (Å²) in [6.07, 6.45) is 0. The van der Waals surface area contributed by atoms with E-state index in [1.807, 2.05) is 43.4 Å². The Kier molecular flexibility index (Phi) is 5.51. The lowest BCUT2D eigenvalue weighted by atomic mass is 9.97. The number of rotatable bonds is 5. The summed E-state index contributed by atoms with van der Waals surface area (Å²) in [5.41, 5.74) is 2.01. The number of hydrogen-bond acceptors (Lipinski definition) is 3. The van der Waals surface area contributed by atoms with E-state index in [4.69, 9.17) is 21.1 Å². The summed E-state index contributed by atoms with van der Waals surface area (Å²) in [6, 6.07) is 11.4. The van der Waals surface area contributed by atoms with Crippen molar-refractivity contribution in [1.29, 1.82) is 0 Å². The molecule has 0 radical (unpaired) electrons. The maximum absolute atomic E-state index is 6.03. The Bertz CT molecular complexity index is 611. The Morgan fingerprint density at radius 2 is 1.71 bits per heavy atom. The van der Waals surface area contributed by atoms with Gasteiger partial charge in [-0.25, -0.2) is 0 Å². The summed E-state index contributed by atoms with van der Waals surface area (Å²) in [4.78, 5) is 0. The highest BCUT2D eigenvalue weighted by molar-refractivity contribution is 9.10. The zero-order valence-corrected chi connectivity index (χ0v) is 14.5. The number of ether oxygens (including phenoxy) is 2. The molecule has 0 bridgehead atoms. The molecular weight excluding hydrogens is 354 g/mol. The predicted octanol–water partition coefficient (Wildman–Crippen LogP) is 4.43. The van der Waals surface area contributed by atoms with Crippen LogP contribution in [0.4, 0.5) is 0 Å². The normalized spacial score (nSPS) is 12.0. The molecule has 112 valence electrons. The SMILES string of the molecule is CNC(c1ccc(Cl)cc1Br)c1c(OC)cccc1OC. The van der Waals surface area contributed by atoms with Gasteiger partial charge in [0.05, 0.1) is 25.8 Å². The second-order valence-corrected chi connectivity index (χ2v) is 5.75. The van der Waals surface area contributed by atoms with E-state index in [1.54, 1.807) is 14.2 Å². The van der Waals surface area contributed by atoms with Gasteiger partial charge in [-0.15, -0.1) is 0 Å². The number of benzene rings is 2. The fraction of sp³-hybridized carbons (Fsp3) is 0.250. The van der Waals surface area contributed by atoms with Gasteiger partial charge >= 0.3 is 0 Å². The molecule has 1 atom stereocenters. The lowest BCUT2D eigenvalue weighted by molar-refractivity contribution is 0.378. The van der Waals surface area contributed by atoms with Crippen molar-refractivity contribution in [2.24, 2.45) is 0 Å². The van der Waals surface area contributed by atoms with Crippen LogP contribution in [0, 0.1) is 0 Å². The Hall–Kier alpha value is -1.23. The van der Waals surface area contributed by atoms with Crippen LogP contribution in [0.2, 0.25) is 5.02 Å². The van der Waals surface area contributed by atoms with E-state index in [1.165, 1.54) is 0 Å². The average Bonchev–Trinajstić information content (AvgIpc) is 2.49. The molecule has 0 aliphatic rings. The fourth-order valence-electron chi connectivity index (χ4n) is 2.36. The molecule has 1 unspecified atom stereocenters. The average molecular weight is 371 g/mol. The highest BCUT2D eigenvalue weighted by atomic mass is 79.9. The molecule has 0 heterocycles. The van der Waals surface area contributed by atoms with Gasteiger partial charge in [-0.05, 0) is 36.9 Å². The lowest BCUT2D eigenvalue weighted by Gasteiger charge is -2.23. The zero-order chi connectivity index (χ0) is 15.4. The largest absolute Gasteiger partial charge is 0.496 e. The van der Waals surface area contributed by atoms with Gasteiger partial charge < -0.3 is 14.8 Å². The minimum absolute atomic E-state index is 0.0808. The van der Waals surface area contributed by atoms with Crippen LogP contribution in [0.1, 0.15) is 17.2 Å². The van der Waals surface area contributed by atoms with Gasteiger partial charge in [0.1, 0.15) is 11.5 Å². The van der Waals surface area contributed by atoms with Crippen molar-refractivity contribution in [3.05, 3.63) is 57.0 Å². The standard InChI is InChI=1S/C16H17BrClNO2/c1-19-16(11-8-7-10(18)9-12(11)17)15-13(20-2)5-4-6-14(15)21-3/h4-9,16,19H,1-3H3. The van der Waals surface area contributed by atoms with Gasteiger partial charge in [-0.3, -0.25) is 0 Å². The third kappa shape index (κ3) is 3.34. The monoisotopic (exact) mass is 369 g/mol. The third-order valence-corrected chi connectivity index (χ3v) is 4.24. The van der Waals surface area contributed by atoms with Crippen LogP contribution < -0.4 is 14.8 Å². The van der Waals surface area contributed by atoms with Crippen LogP contribution >= 0.6 is 27.5 Å². The Labute approximate surface area is 138 Å². The highest BCUT2D eigenvalue weighted by Crippen LogP contribution is 2.39. The maximum Gasteiger partial charge on any atom is 0.127 e. The van der Waals surface area contributed by atoms with Gasteiger partial charge in [0.2, 0.25) is 0 Å². The fourth-order valence-corrected chi connectivity index (χ4v) is 3.27. The molecule has 0 fully saturated rings. The zero-order valence-electron chi connectivity index (χ0n) is 12.1. The minimum atomic E-state index is -0.0808. The minimum Gasteiger partial charge on any atom is -0.496 e. The number of hydrogen-bond donors (Lipinski definition) is 1. The van der Waals surface area contributed by atoms with Crippen LogP contribution in [-0.2, 0) is 0 Å². The summed E-state index contributed by atoms with van der Waals surface area (Å²) < 4.78 is 11.9. The van der Waals surface area contributed by atoms with E-state index < -0.39 is 0 Å². The van der Waals surface area contributed by atoms with Crippen LogP contribution in [0.5, 0.6) is 11.5 Å². The molecule has 2 aromatic carbocycles. The van der Waals surface area contributed by atoms with E-state index in [9.17, 15) is 0 Å². The van der Waals surface area contributed by atoms with E-state index in [-0.39, 0.29) is 6.04 Å².